The molecule has 0 amide bonds. The van der Waals surface area contributed by atoms with E-state index in [1.165, 1.54) is 12.1 Å². The van der Waals surface area contributed by atoms with Crippen molar-refractivity contribution in [2.24, 2.45) is 0 Å². The zero-order valence-electron chi connectivity index (χ0n) is 12.0. The van der Waals surface area contributed by atoms with Crippen molar-refractivity contribution in [2.45, 2.75) is 13.5 Å². The average molecular weight is 301 g/mol. The van der Waals surface area contributed by atoms with Crippen molar-refractivity contribution in [1.29, 1.82) is 0 Å². The van der Waals surface area contributed by atoms with Crippen LogP contribution in [0, 0.1) is 10.1 Å². The molecule has 0 aliphatic rings. The molecule has 22 heavy (non-hydrogen) atoms. The molecule has 0 aliphatic heterocycles. The Morgan fingerprint density at radius 3 is 2.55 bits per heavy atom. The lowest BCUT2D eigenvalue weighted by Crippen LogP contribution is -2.10. The molecule has 0 fully saturated rings. The number of nitro groups is 1. The summed E-state index contributed by atoms with van der Waals surface area (Å²) in [5.74, 6) is -0.282. The van der Waals surface area contributed by atoms with E-state index >= 15 is 0 Å². The van der Waals surface area contributed by atoms with Crippen LogP contribution in [0.15, 0.2) is 48.5 Å². The molecule has 0 N–H and O–H groups in total. The van der Waals surface area contributed by atoms with Gasteiger partial charge in [0.05, 0.1) is 17.1 Å². The number of hydrogen-bond donors (Lipinski definition) is 0. The Morgan fingerprint density at radius 1 is 1.14 bits per heavy atom. The standard InChI is InChI=1S/C16H15NO5/c1-2-21-16(18)13-8-4-3-7-12(13)11-22-15-10-6-5-9-14(15)17(19)20/h3-10H,2,11H2,1H3. The summed E-state index contributed by atoms with van der Waals surface area (Å²) < 4.78 is 10.5. The summed E-state index contributed by atoms with van der Waals surface area (Å²) in [6.07, 6.45) is 0. The van der Waals surface area contributed by atoms with Gasteiger partial charge in [-0.3, -0.25) is 10.1 Å². The monoisotopic (exact) mass is 301 g/mol. The van der Waals surface area contributed by atoms with Gasteiger partial charge in [0, 0.05) is 11.6 Å². The van der Waals surface area contributed by atoms with Crippen LogP contribution in [0.25, 0.3) is 0 Å². The number of nitro benzene ring substituents is 1. The van der Waals surface area contributed by atoms with E-state index in [1.54, 1.807) is 43.3 Å². The van der Waals surface area contributed by atoms with E-state index < -0.39 is 10.9 Å². The highest BCUT2D eigenvalue weighted by atomic mass is 16.6. The summed E-state index contributed by atoms with van der Waals surface area (Å²) in [4.78, 5) is 22.3. The molecule has 0 aromatic heterocycles. The third-order valence-corrected chi connectivity index (χ3v) is 2.96. The van der Waals surface area contributed by atoms with Crippen LogP contribution in [0.5, 0.6) is 5.75 Å². The molecule has 6 nitrogen and oxygen atoms in total. The fourth-order valence-electron chi connectivity index (χ4n) is 1.94. The molecule has 2 rings (SSSR count). The summed E-state index contributed by atoms with van der Waals surface area (Å²) in [6.45, 7) is 2.04. The number of esters is 1. The van der Waals surface area contributed by atoms with Gasteiger partial charge >= 0.3 is 11.7 Å². The van der Waals surface area contributed by atoms with Crippen LogP contribution in [0.4, 0.5) is 5.69 Å². The van der Waals surface area contributed by atoms with E-state index in [4.69, 9.17) is 9.47 Å². The predicted octanol–water partition coefficient (Wildman–Crippen LogP) is 3.35. The number of ether oxygens (including phenoxy) is 2. The van der Waals surface area contributed by atoms with Crippen LogP contribution >= 0.6 is 0 Å². The lowest BCUT2D eigenvalue weighted by atomic mass is 10.1. The van der Waals surface area contributed by atoms with Crippen molar-refractivity contribution < 1.29 is 19.2 Å². The Balaban J connectivity index is 2.19. The zero-order valence-corrected chi connectivity index (χ0v) is 12.0. The summed E-state index contributed by atoms with van der Waals surface area (Å²) >= 11 is 0. The average Bonchev–Trinajstić information content (AvgIpc) is 2.53. The lowest BCUT2D eigenvalue weighted by molar-refractivity contribution is -0.385. The van der Waals surface area contributed by atoms with Gasteiger partial charge in [-0.2, -0.15) is 0 Å². The molecule has 0 saturated heterocycles. The van der Waals surface area contributed by atoms with Gasteiger partial charge in [-0.05, 0) is 19.1 Å². The molecule has 0 heterocycles. The van der Waals surface area contributed by atoms with Crippen LogP contribution < -0.4 is 4.74 Å². The number of hydrogen-bond acceptors (Lipinski definition) is 5. The molecule has 114 valence electrons. The normalized spacial score (nSPS) is 10.0. The first kappa shape index (κ1) is 15.5. The molecule has 2 aromatic carbocycles. The summed E-state index contributed by atoms with van der Waals surface area (Å²) in [5.41, 5.74) is 0.887. The second-order valence-electron chi connectivity index (χ2n) is 4.39. The molecule has 0 radical (unpaired) electrons. The Bertz CT molecular complexity index is 684. The zero-order chi connectivity index (χ0) is 15.9. The van der Waals surface area contributed by atoms with Gasteiger partial charge in [0.25, 0.3) is 0 Å². The number of para-hydroxylation sites is 2. The maximum Gasteiger partial charge on any atom is 0.338 e. The van der Waals surface area contributed by atoms with E-state index in [2.05, 4.69) is 0 Å². The highest BCUT2D eigenvalue weighted by molar-refractivity contribution is 5.91. The fourth-order valence-corrected chi connectivity index (χ4v) is 1.94. The summed E-state index contributed by atoms with van der Waals surface area (Å²) in [7, 11) is 0. The third kappa shape index (κ3) is 3.60. The number of carbonyl (C=O) groups excluding carboxylic acids is 1. The summed E-state index contributed by atoms with van der Waals surface area (Å²) in [6, 6.07) is 13.0. The van der Waals surface area contributed by atoms with E-state index in [-0.39, 0.29) is 24.7 Å². The third-order valence-electron chi connectivity index (χ3n) is 2.96. The van der Waals surface area contributed by atoms with Gasteiger partial charge in [-0.1, -0.05) is 30.3 Å². The number of rotatable bonds is 6. The molecule has 0 saturated carbocycles. The topological polar surface area (TPSA) is 78.7 Å². The smallest absolute Gasteiger partial charge is 0.338 e. The van der Waals surface area contributed by atoms with Crippen LogP contribution in [0.1, 0.15) is 22.8 Å². The molecule has 0 spiro atoms. The van der Waals surface area contributed by atoms with Gasteiger partial charge in [0.2, 0.25) is 0 Å². The van der Waals surface area contributed by atoms with Crippen LogP contribution in [-0.4, -0.2) is 17.5 Å². The Morgan fingerprint density at radius 2 is 1.82 bits per heavy atom. The van der Waals surface area contributed by atoms with Crippen molar-refractivity contribution in [3.63, 3.8) is 0 Å². The molecule has 0 unspecified atom stereocenters. The Labute approximate surface area is 127 Å². The second-order valence-corrected chi connectivity index (χ2v) is 4.39. The highest BCUT2D eigenvalue weighted by Crippen LogP contribution is 2.27. The van der Waals surface area contributed by atoms with Crippen LogP contribution in [-0.2, 0) is 11.3 Å². The number of nitrogens with zero attached hydrogens (tertiary/aromatic N) is 1. The van der Waals surface area contributed by atoms with Crippen molar-refractivity contribution >= 4 is 11.7 Å². The first-order valence-corrected chi connectivity index (χ1v) is 6.74. The number of carbonyl (C=O) groups is 1. The van der Waals surface area contributed by atoms with Crippen LogP contribution in [0.3, 0.4) is 0 Å². The van der Waals surface area contributed by atoms with E-state index in [1.807, 2.05) is 0 Å². The van der Waals surface area contributed by atoms with Crippen molar-refractivity contribution in [3.8, 4) is 5.75 Å². The minimum Gasteiger partial charge on any atom is -0.482 e. The molecular weight excluding hydrogens is 286 g/mol. The van der Waals surface area contributed by atoms with Crippen molar-refractivity contribution in [3.05, 3.63) is 69.8 Å². The maximum atomic E-state index is 11.9. The highest BCUT2D eigenvalue weighted by Gasteiger charge is 2.16. The lowest BCUT2D eigenvalue weighted by Gasteiger charge is -2.10. The summed E-state index contributed by atoms with van der Waals surface area (Å²) in [5, 5.41) is 10.9. The Hall–Kier alpha value is -2.89. The minimum absolute atomic E-state index is 0.0415. The van der Waals surface area contributed by atoms with Gasteiger partial charge in [-0.15, -0.1) is 0 Å². The molecule has 0 bridgehead atoms. The van der Waals surface area contributed by atoms with Gasteiger partial charge in [0.1, 0.15) is 6.61 Å². The van der Waals surface area contributed by atoms with Gasteiger partial charge in [-0.25, -0.2) is 4.79 Å². The van der Waals surface area contributed by atoms with E-state index in [0.717, 1.165) is 0 Å². The predicted molar refractivity (Wildman–Crippen MR) is 79.8 cm³/mol. The van der Waals surface area contributed by atoms with E-state index in [0.29, 0.717) is 11.1 Å². The Kier molecular flexibility index (Phi) is 5.08. The first-order chi connectivity index (χ1) is 10.6. The van der Waals surface area contributed by atoms with Gasteiger partial charge in [0.15, 0.2) is 5.75 Å². The fraction of sp³-hybridized carbons (Fsp3) is 0.188. The quantitative estimate of drug-likeness (QED) is 0.464. The van der Waals surface area contributed by atoms with Gasteiger partial charge < -0.3 is 9.47 Å². The largest absolute Gasteiger partial charge is 0.482 e. The molecule has 0 atom stereocenters. The van der Waals surface area contributed by atoms with Crippen molar-refractivity contribution in [1.82, 2.24) is 0 Å². The minimum atomic E-state index is -0.507. The van der Waals surface area contributed by atoms with E-state index in [9.17, 15) is 14.9 Å². The molecule has 6 heteroatoms. The first-order valence-electron chi connectivity index (χ1n) is 6.74. The molecule has 2 aromatic rings. The van der Waals surface area contributed by atoms with Crippen molar-refractivity contribution in [2.75, 3.05) is 6.61 Å². The van der Waals surface area contributed by atoms with Crippen LogP contribution in [0.2, 0.25) is 0 Å². The molecule has 0 aliphatic carbocycles. The maximum absolute atomic E-state index is 11.9. The molecular formula is C16H15NO5. The number of benzene rings is 2. The second kappa shape index (κ2) is 7.21. The SMILES string of the molecule is CCOC(=O)c1ccccc1COc1ccccc1[N+](=O)[O-].